The average Bonchev–Trinajstić information content (AvgIpc) is 3.70. The molecule has 2 amide bonds. The van der Waals surface area contributed by atoms with Crippen molar-refractivity contribution in [3.05, 3.63) is 77.6 Å². The van der Waals surface area contributed by atoms with E-state index in [1.807, 2.05) is 25.7 Å². The molecule has 1 atom stereocenters. The van der Waals surface area contributed by atoms with Gasteiger partial charge in [-0.3, -0.25) is 9.59 Å². The molecule has 0 heterocycles. The van der Waals surface area contributed by atoms with Crippen LogP contribution in [0.15, 0.2) is 60.7 Å². The fraction of sp³-hybridized carbons (Fsp3) is 0.448. The van der Waals surface area contributed by atoms with Crippen LogP contribution in [0, 0.1) is 5.82 Å². The lowest BCUT2D eigenvalue weighted by atomic mass is 10.0. The van der Waals surface area contributed by atoms with E-state index in [9.17, 15) is 27.2 Å². The highest BCUT2D eigenvalue weighted by molar-refractivity contribution is 5.95. The van der Waals surface area contributed by atoms with Gasteiger partial charge in [-0.15, -0.1) is 0 Å². The van der Waals surface area contributed by atoms with Gasteiger partial charge in [-0.1, -0.05) is 63.6 Å². The van der Waals surface area contributed by atoms with Crippen LogP contribution in [0.2, 0.25) is 0 Å². The number of rotatable bonds is 9. The first-order chi connectivity index (χ1) is 17.6. The van der Waals surface area contributed by atoms with Crippen molar-refractivity contribution in [2.45, 2.75) is 84.5 Å². The molecule has 0 aliphatic heterocycles. The van der Waals surface area contributed by atoms with E-state index in [1.165, 1.54) is 43.3 Å². The molecule has 0 radical (unpaired) electrons. The van der Waals surface area contributed by atoms with Crippen LogP contribution in [0.25, 0.3) is 5.57 Å². The van der Waals surface area contributed by atoms with Crippen LogP contribution in [0.3, 0.4) is 0 Å². The van der Waals surface area contributed by atoms with Gasteiger partial charge in [-0.2, -0.15) is 13.2 Å². The zero-order chi connectivity index (χ0) is 28.0. The summed E-state index contributed by atoms with van der Waals surface area (Å²) in [7, 11) is 0. The van der Waals surface area contributed by atoms with E-state index in [0.29, 0.717) is 12.0 Å². The maximum absolute atomic E-state index is 13.1. The van der Waals surface area contributed by atoms with Gasteiger partial charge in [-0.05, 0) is 62.4 Å². The van der Waals surface area contributed by atoms with Crippen molar-refractivity contribution in [1.29, 1.82) is 0 Å². The van der Waals surface area contributed by atoms with Crippen molar-refractivity contribution in [2.75, 3.05) is 0 Å². The van der Waals surface area contributed by atoms with Crippen LogP contribution < -0.4 is 5.73 Å². The molecular weight excluding hydrogens is 484 g/mol. The lowest BCUT2D eigenvalue weighted by molar-refractivity contribution is -0.118. The first kappa shape index (κ1) is 31.9. The number of hydrogen-bond donors (Lipinski definition) is 1. The molecule has 0 saturated heterocycles. The molecule has 0 bridgehead atoms. The lowest BCUT2D eigenvalue weighted by Crippen LogP contribution is -2.42. The SMILES string of the molecule is CC.CC=C(c1ccc(C(=O)N(C(CCC)CCC(N)=O)C2CC2)cc1)C(F)(F)F.Fc1ccccc1. The van der Waals surface area contributed by atoms with Gasteiger partial charge in [0.05, 0.1) is 5.57 Å². The minimum atomic E-state index is -4.44. The molecule has 0 aromatic heterocycles. The number of nitrogens with zero attached hydrogens (tertiary/aromatic N) is 1. The van der Waals surface area contributed by atoms with Gasteiger partial charge in [0, 0.05) is 24.1 Å². The van der Waals surface area contributed by atoms with Crippen LogP contribution in [-0.4, -0.2) is 35.0 Å². The van der Waals surface area contributed by atoms with Gasteiger partial charge in [0.1, 0.15) is 5.82 Å². The number of alkyl halides is 3. The molecule has 2 aromatic carbocycles. The van der Waals surface area contributed by atoms with E-state index in [-0.39, 0.29) is 35.8 Å². The van der Waals surface area contributed by atoms with Crippen LogP contribution in [0.1, 0.15) is 82.1 Å². The molecule has 204 valence electrons. The number of halogens is 4. The summed E-state index contributed by atoms with van der Waals surface area (Å²) < 4.78 is 51.1. The summed E-state index contributed by atoms with van der Waals surface area (Å²) in [6.45, 7) is 7.35. The third-order valence-electron chi connectivity index (χ3n) is 5.68. The summed E-state index contributed by atoms with van der Waals surface area (Å²) in [5, 5.41) is 0. The van der Waals surface area contributed by atoms with Crippen molar-refractivity contribution in [3.63, 3.8) is 0 Å². The zero-order valence-corrected chi connectivity index (χ0v) is 22.0. The van der Waals surface area contributed by atoms with Crippen molar-refractivity contribution < 1.29 is 27.2 Å². The number of primary amides is 1. The molecule has 0 spiro atoms. The zero-order valence-electron chi connectivity index (χ0n) is 22.0. The number of hydrogen-bond acceptors (Lipinski definition) is 2. The molecule has 3 rings (SSSR count). The van der Waals surface area contributed by atoms with Crippen LogP contribution in [0.4, 0.5) is 17.6 Å². The first-order valence-corrected chi connectivity index (χ1v) is 12.7. The quantitative estimate of drug-likeness (QED) is 0.346. The molecule has 1 unspecified atom stereocenters. The topological polar surface area (TPSA) is 63.4 Å². The van der Waals surface area contributed by atoms with Crippen molar-refractivity contribution in [3.8, 4) is 0 Å². The highest BCUT2D eigenvalue weighted by Crippen LogP contribution is 2.35. The van der Waals surface area contributed by atoms with Crippen LogP contribution in [-0.2, 0) is 4.79 Å². The Balaban J connectivity index is 0.000000645. The highest BCUT2D eigenvalue weighted by Gasteiger charge is 2.38. The maximum atomic E-state index is 13.1. The second kappa shape index (κ2) is 15.8. The Hall–Kier alpha value is -3.16. The Morgan fingerprint density at radius 1 is 1.00 bits per heavy atom. The first-order valence-electron chi connectivity index (χ1n) is 12.7. The second-order valence-corrected chi connectivity index (χ2v) is 8.46. The third kappa shape index (κ3) is 10.8. The summed E-state index contributed by atoms with van der Waals surface area (Å²) in [4.78, 5) is 26.1. The fourth-order valence-electron chi connectivity index (χ4n) is 3.90. The van der Waals surface area contributed by atoms with E-state index >= 15 is 0 Å². The largest absolute Gasteiger partial charge is 0.416 e. The summed E-state index contributed by atoms with van der Waals surface area (Å²) in [5.41, 5.74) is 4.93. The smallest absolute Gasteiger partial charge is 0.370 e. The normalized spacial score (nSPS) is 13.9. The van der Waals surface area contributed by atoms with Crippen molar-refractivity contribution in [1.82, 2.24) is 4.90 Å². The third-order valence-corrected chi connectivity index (χ3v) is 5.68. The van der Waals surface area contributed by atoms with Gasteiger partial charge < -0.3 is 10.6 Å². The molecule has 1 aliphatic rings. The molecule has 37 heavy (non-hydrogen) atoms. The van der Waals surface area contributed by atoms with Gasteiger partial charge in [0.15, 0.2) is 0 Å². The Morgan fingerprint density at radius 3 is 1.92 bits per heavy atom. The minimum Gasteiger partial charge on any atom is -0.370 e. The number of carbonyl (C=O) groups is 2. The summed E-state index contributed by atoms with van der Waals surface area (Å²) >= 11 is 0. The summed E-state index contributed by atoms with van der Waals surface area (Å²) in [6, 6.07) is 13.5. The Kier molecular flexibility index (Phi) is 13.6. The number of benzene rings is 2. The van der Waals surface area contributed by atoms with Gasteiger partial charge in [0.2, 0.25) is 5.91 Å². The fourth-order valence-corrected chi connectivity index (χ4v) is 3.90. The van der Waals surface area contributed by atoms with E-state index < -0.39 is 17.7 Å². The lowest BCUT2D eigenvalue weighted by Gasteiger charge is -2.32. The molecule has 1 fully saturated rings. The van der Waals surface area contributed by atoms with Crippen LogP contribution in [0.5, 0.6) is 0 Å². The molecular formula is C29H38F4N2O2. The predicted molar refractivity (Wildman–Crippen MR) is 140 cm³/mol. The Bertz CT molecular complexity index is 985. The van der Waals surface area contributed by atoms with Gasteiger partial charge in [0.25, 0.3) is 5.91 Å². The maximum Gasteiger partial charge on any atom is 0.416 e. The molecule has 1 saturated carbocycles. The number of amides is 2. The van der Waals surface area contributed by atoms with E-state index in [1.54, 1.807) is 18.2 Å². The van der Waals surface area contributed by atoms with Gasteiger partial charge >= 0.3 is 6.18 Å². The monoisotopic (exact) mass is 522 g/mol. The van der Waals surface area contributed by atoms with Crippen LogP contribution >= 0.6 is 0 Å². The standard InChI is InChI=1S/C21H27F3N2O2.C6H5F.C2H6/c1-3-5-16(12-13-19(25)27)26(17-10-11-17)20(28)15-8-6-14(7-9-15)18(4-2)21(22,23)24;7-6-4-2-1-3-5-6;1-2/h4,6-9,16-17H,3,5,10-13H2,1-2H3,(H2,25,27);1-5H;1-2H3. The number of nitrogens with two attached hydrogens (primary N) is 1. The van der Waals surface area contributed by atoms with Crippen molar-refractivity contribution >= 4 is 17.4 Å². The molecule has 8 heteroatoms. The predicted octanol–water partition coefficient (Wildman–Crippen LogP) is 7.54. The average molecular weight is 523 g/mol. The highest BCUT2D eigenvalue weighted by atomic mass is 19.4. The molecule has 4 nitrogen and oxygen atoms in total. The minimum absolute atomic E-state index is 0.0309. The Labute approximate surface area is 217 Å². The van der Waals surface area contributed by atoms with E-state index in [4.69, 9.17) is 5.73 Å². The summed E-state index contributed by atoms with van der Waals surface area (Å²) in [5.74, 6) is -0.784. The van der Waals surface area contributed by atoms with E-state index in [0.717, 1.165) is 31.8 Å². The van der Waals surface area contributed by atoms with Gasteiger partial charge in [-0.25, -0.2) is 4.39 Å². The molecule has 2 N–H and O–H groups in total. The molecule has 2 aromatic rings. The Morgan fingerprint density at radius 2 is 1.54 bits per heavy atom. The summed E-state index contributed by atoms with van der Waals surface area (Å²) in [6.07, 6.45) is 0.695. The van der Waals surface area contributed by atoms with Crippen molar-refractivity contribution in [2.24, 2.45) is 5.73 Å². The number of allylic oxidation sites excluding steroid dienone is 2. The second-order valence-electron chi connectivity index (χ2n) is 8.46. The molecule has 1 aliphatic carbocycles. The van der Waals surface area contributed by atoms with E-state index in [2.05, 4.69) is 0 Å². The number of carbonyl (C=O) groups excluding carboxylic acids is 2.